The van der Waals surface area contributed by atoms with E-state index in [1.165, 1.54) is 10.5 Å². The smallest absolute Gasteiger partial charge is 0.407 e. The van der Waals surface area contributed by atoms with Crippen LogP contribution in [0.5, 0.6) is 0 Å². The molecule has 0 saturated carbocycles. The fourth-order valence-corrected chi connectivity index (χ4v) is 6.56. The van der Waals surface area contributed by atoms with E-state index in [0.717, 1.165) is 36.0 Å². The van der Waals surface area contributed by atoms with Crippen LogP contribution in [-0.2, 0) is 27.2 Å². The summed E-state index contributed by atoms with van der Waals surface area (Å²) in [6, 6.07) is 15.2. The normalized spacial score (nSPS) is 16.2. The Morgan fingerprint density at radius 3 is 1.62 bits per heavy atom. The van der Waals surface area contributed by atoms with Gasteiger partial charge in [-0.3, -0.25) is 14.5 Å². The topological polar surface area (TPSA) is 328 Å². The van der Waals surface area contributed by atoms with E-state index in [9.17, 15) is 55.2 Å². The van der Waals surface area contributed by atoms with Gasteiger partial charge in [-0.25, -0.2) is 4.79 Å². The molecule has 19 nitrogen and oxygen atoms in total. The first-order chi connectivity index (χ1) is 29.8. The van der Waals surface area contributed by atoms with E-state index in [-0.39, 0.29) is 38.4 Å². The third-order valence-electron chi connectivity index (χ3n) is 10.3. The van der Waals surface area contributed by atoms with Gasteiger partial charge in [-0.2, -0.15) is 0 Å². The van der Waals surface area contributed by atoms with Gasteiger partial charge in [0.1, 0.15) is 48.3 Å². The highest BCUT2D eigenvalue weighted by Crippen LogP contribution is 2.22. The number of unbranched alkanes of at least 4 members (excludes halogenated alkanes) is 2. The van der Waals surface area contributed by atoms with Crippen LogP contribution in [0.2, 0.25) is 0 Å². The Bertz CT molecular complexity index is 1570. The first-order valence-corrected chi connectivity index (χ1v) is 21.6. The number of aliphatic hydroxyl groups is 10. The molecule has 0 fully saturated rings. The first-order valence-electron chi connectivity index (χ1n) is 21.6. The number of aryl methyl sites for hydroxylation is 2. The zero-order valence-electron chi connectivity index (χ0n) is 36.8. The molecule has 9 atom stereocenters. The predicted molar refractivity (Wildman–Crippen MR) is 234 cm³/mol. The van der Waals surface area contributed by atoms with Gasteiger partial charge in [-0.05, 0) is 94.5 Å². The number of aliphatic hydroxyl groups excluding tert-OH is 10. The number of rotatable bonds is 30. The minimum absolute atomic E-state index is 0.0721. The van der Waals surface area contributed by atoms with Crippen molar-refractivity contribution in [3.8, 4) is 11.1 Å². The quantitative estimate of drug-likeness (QED) is 0.0379. The summed E-state index contributed by atoms with van der Waals surface area (Å²) in [6.45, 7) is 2.88. The van der Waals surface area contributed by atoms with Crippen LogP contribution in [0.4, 0.5) is 4.79 Å². The van der Waals surface area contributed by atoms with E-state index in [0.29, 0.717) is 25.8 Å². The minimum atomic E-state index is -1.98. The summed E-state index contributed by atoms with van der Waals surface area (Å²) in [6.07, 6.45) is -11.2. The molecular formula is C44H73N5O14. The van der Waals surface area contributed by atoms with Crippen molar-refractivity contribution < 1.29 is 70.2 Å². The number of ether oxygens (including phenoxy) is 1. The molecule has 0 saturated heterocycles. The highest BCUT2D eigenvalue weighted by Gasteiger charge is 2.34. The molecule has 19 heteroatoms. The number of hydrogen-bond acceptors (Lipinski definition) is 16. The molecule has 0 spiro atoms. The van der Waals surface area contributed by atoms with Crippen molar-refractivity contribution in [2.24, 2.45) is 5.73 Å². The Morgan fingerprint density at radius 2 is 1.14 bits per heavy atom. The summed E-state index contributed by atoms with van der Waals surface area (Å²) in [5.41, 5.74) is 9.18. The van der Waals surface area contributed by atoms with Crippen LogP contribution in [0.1, 0.15) is 70.4 Å². The molecule has 0 aliphatic carbocycles. The Kier molecular flexibility index (Phi) is 25.3. The van der Waals surface area contributed by atoms with Gasteiger partial charge in [-0.1, -0.05) is 48.5 Å². The lowest BCUT2D eigenvalue weighted by atomic mass is 9.99. The van der Waals surface area contributed by atoms with Gasteiger partial charge >= 0.3 is 6.09 Å². The number of hydrogen-bond donors (Lipinski definition) is 14. The highest BCUT2D eigenvalue weighted by atomic mass is 16.6. The minimum Gasteiger partial charge on any atom is -0.444 e. The maximum atomic E-state index is 13.6. The van der Waals surface area contributed by atoms with Gasteiger partial charge in [0.05, 0.1) is 25.4 Å². The second-order valence-corrected chi connectivity index (χ2v) is 16.8. The van der Waals surface area contributed by atoms with Crippen molar-refractivity contribution in [2.75, 3.05) is 52.5 Å². The van der Waals surface area contributed by atoms with Crippen molar-refractivity contribution in [1.82, 2.24) is 20.9 Å². The van der Waals surface area contributed by atoms with Crippen molar-refractivity contribution in [3.63, 3.8) is 0 Å². The number of amides is 3. The Balaban J connectivity index is 2.12. The van der Waals surface area contributed by atoms with Crippen molar-refractivity contribution in [1.29, 1.82) is 0 Å². The SMILES string of the molecule is CC(C)(C)OC(=O)NCCCC[C@H](NC(=O)CCc1ccc(-c2ccc(CCCCN)cc2)cc1)C(=O)NCCN(C[C@H](O)[C@@H](O)[C@H](O)[C@H](O)CO)C[C@H](O)[C@@H](O)[C@H](O)[C@H](O)CO. The second-order valence-electron chi connectivity index (χ2n) is 16.8. The van der Waals surface area contributed by atoms with E-state index in [4.69, 9.17) is 20.7 Å². The number of alkyl carbamates (subject to hydrolysis) is 1. The van der Waals surface area contributed by atoms with Crippen molar-refractivity contribution in [3.05, 3.63) is 59.7 Å². The van der Waals surface area contributed by atoms with Crippen LogP contribution in [0.15, 0.2) is 48.5 Å². The molecule has 15 N–H and O–H groups in total. The van der Waals surface area contributed by atoms with Crippen LogP contribution in [0.25, 0.3) is 11.1 Å². The number of nitrogens with two attached hydrogens (primary N) is 1. The largest absolute Gasteiger partial charge is 0.444 e. The molecule has 358 valence electrons. The van der Waals surface area contributed by atoms with E-state index < -0.39 is 98.8 Å². The molecule has 3 amide bonds. The molecule has 2 rings (SSSR count). The summed E-state index contributed by atoms with van der Waals surface area (Å²) in [5.74, 6) is -0.971. The van der Waals surface area contributed by atoms with Gasteiger partial charge in [0.25, 0.3) is 0 Å². The second kappa shape index (κ2) is 28.9. The van der Waals surface area contributed by atoms with Gasteiger partial charge in [0.15, 0.2) is 0 Å². The molecule has 0 aliphatic rings. The fraction of sp³-hybridized carbons (Fsp3) is 0.659. The number of nitrogens with one attached hydrogen (secondary N) is 3. The van der Waals surface area contributed by atoms with Crippen molar-refractivity contribution >= 4 is 17.9 Å². The molecule has 0 unspecified atom stereocenters. The lowest BCUT2D eigenvalue weighted by molar-refractivity contribution is -0.131. The maximum Gasteiger partial charge on any atom is 0.407 e. The summed E-state index contributed by atoms with van der Waals surface area (Å²) in [7, 11) is 0. The molecule has 0 heterocycles. The van der Waals surface area contributed by atoms with E-state index in [1.807, 2.05) is 24.3 Å². The third-order valence-corrected chi connectivity index (χ3v) is 10.3. The monoisotopic (exact) mass is 896 g/mol. The van der Waals surface area contributed by atoms with Crippen LogP contribution in [0, 0.1) is 0 Å². The zero-order chi connectivity index (χ0) is 47.1. The van der Waals surface area contributed by atoms with Gasteiger partial charge < -0.3 is 77.5 Å². The standard InChI is InChI=1S/C44H73N5O14/c1-44(2,3)63-43(62)47-21-7-5-9-32(48-37(56)19-14-29-12-17-31(18-13-29)30-15-10-28(11-16-30)8-4-6-20-45)42(61)46-22-23-49(24-33(52)38(57)40(59)35(54)26-50)25-34(53)39(58)41(60)36(55)27-51/h10-13,15-18,32-36,38-41,50-55,57-60H,4-9,14,19-27,45H2,1-3H3,(H,46,61)(H,47,62)(H,48,56)/t32-,33-,34-,35+,36+,38+,39+,40+,41+/m0/s1. The number of benzene rings is 2. The molecule has 2 aromatic rings. The summed E-state index contributed by atoms with van der Waals surface area (Å²) in [4.78, 5) is 40.2. The molecule has 0 bridgehead atoms. The average Bonchev–Trinajstić information content (AvgIpc) is 3.25. The number of carbonyl (C=O) groups excluding carboxylic acids is 3. The molecule has 0 radical (unpaired) electrons. The zero-order valence-corrected chi connectivity index (χ0v) is 36.8. The van der Waals surface area contributed by atoms with Gasteiger partial charge in [0.2, 0.25) is 11.8 Å². The Hall–Kier alpha value is -3.83. The average molecular weight is 896 g/mol. The molecule has 0 aliphatic heterocycles. The molecule has 0 aromatic heterocycles. The first kappa shape index (κ1) is 55.3. The maximum absolute atomic E-state index is 13.6. The summed E-state index contributed by atoms with van der Waals surface area (Å²) >= 11 is 0. The Labute approximate surface area is 369 Å². The lowest BCUT2D eigenvalue weighted by Crippen LogP contribution is -2.54. The number of carbonyl (C=O) groups is 3. The van der Waals surface area contributed by atoms with E-state index in [2.05, 4.69) is 40.2 Å². The van der Waals surface area contributed by atoms with E-state index >= 15 is 0 Å². The molecule has 63 heavy (non-hydrogen) atoms. The van der Waals surface area contributed by atoms with E-state index in [1.54, 1.807) is 20.8 Å². The Morgan fingerprint density at radius 1 is 0.651 bits per heavy atom. The van der Waals surface area contributed by atoms with Crippen LogP contribution in [0.3, 0.4) is 0 Å². The third kappa shape index (κ3) is 21.1. The van der Waals surface area contributed by atoms with Crippen molar-refractivity contribution in [2.45, 2.75) is 133 Å². The fourth-order valence-electron chi connectivity index (χ4n) is 6.56. The van der Waals surface area contributed by atoms with Crippen LogP contribution in [-0.4, -0.2) is 187 Å². The van der Waals surface area contributed by atoms with Crippen LogP contribution >= 0.6 is 0 Å². The van der Waals surface area contributed by atoms with Crippen LogP contribution < -0.4 is 21.7 Å². The summed E-state index contributed by atoms with van der Waals surface area (Å²) < 4.78 is 5.26. The predicted octanol–water partition coefficient (Wildman–Crippen LogP) is -1.96. The van der Waals surface area contributed by atoms with Gasteiger partial charge in [-0.15, -0.1) is 0 Å². The number of nitrogens with zero attached hydrogens (tertiary/aromatic N) is 1. The summed E-state index contributed by atoms with van der Waals surface area (Å²) in [5, 5.41) is 108. The van der Waals surface area contributed by atoms with Gasteiger partial charge in [0, 0.05) is 39.1 Å². The highest BCUT2D eigenvalue weighted by molar-refractivity contribution is 5.87. The molecular weight excluding hydrogens is 823 g/mol. The molecule has 2 aromatic carbocycles. The lowest BCUT2D eigenvalue weighted by Gasteiger charge is -2.33.